The third kappa shape index (κ3) is 4.13. The number of benzene rings is 2. The summed E-state index contributed by atoms with van der Waals surface area (Å²) in [6.07, 6.45) is 0. The Kier molecular flexibility index (Phi) is 3.95. The SMILES string of the molecule is Cc1cccc(OS(F)(F)Oc2cccc(C)c2)c1. The minimum Gasteiger partial charge on any atom is -0.332 e. The Morgan fingerprint density at radius 3 is 1.58 bits per heavy atom. The van der Waals surface area contributed by atoms with Gasteiger partial charge in [-0.05, 0) is 57.0 Å². The second-order valence-electron chi connectivity index (χ2n) is 4.18. The lowest BCUT2D eigenvalue weighted by atomic mass is 10.2. The van der Waals surface area contributed by atoms with E-state index >= 15 is 0 Å². The summed E-state index contributed by atoms with van der Waals surface area (Å²) in [5.41, 5.74) is 1.70. The van der Waals surface area contributed by atoms with Crippen molar-refractivity contribution in [1.29, 1.82) is 0 Å². The average Bonchev–Trinajstić information content (AvgIpc) is 2.27. The van der Waals surface area contributed by atoms with Crippen LogP contribution in [0.5, 0.6) is 11.5 Å². The lowest BCUT2D eigenvalue weighted by Crippen LogP contribution is -2.04. The molecule has 0 fully saturated rings. The van der Waals surface area contributed by atoms with E-state index in [0.29, 0.717) is 0 Å². The average molecular weight is 284 g/mol. The standard InChI is InChI=1S/C14H14F2O2S/c1-11-5-3-7-13(9-11)17-19(15,16)18-14-8-4-6-12(2)10-14/h3-10H,1-2H3. The Balaban J connectivity index is 2.10. The van der Waals surface area contributed by atoms with Crippen LogP contribution in [0.25, 0.3) is 0 Å². The third-order valence-electron chi connectivity index (χ3n) is 2.37. The number of rotatable bonds is 4. The smallest absolute Gasteiger partial charge is 0.210 e. The topological polar surface area (TPSA) is 18.5 Å². The van der Waals surface area contributed by atoms with Crippen LogP contribution < -0.4 is 8.37 Å². The second-order valence-corrected chi connectivity index (χ2v) is 5.27. The molecule has 2 aromatic rings. The summed E-state index contributed by atoms with van der Waals surface area (Å²) < 4.78 is 36.7. The van der Waals surface area contributed by atoms with Crippen molar-refractivity contribution in [1.82, 2.24) is 0 Å². The van der Waals surface area contributed by atoms with Crippen LogP contribution in [0.1, 0.15) is 11.1 Å². The highest BCUT2D eigenvalue weighted by atomic mass is 32.3. The number of hydrogen-bond donors (Lipinski definition) is 0. The van der Waals surface area contributed by atoms with Crippen molar-refractivity contribution in [2.75, 3.05) is 0 Å². The van der Waals surface area contributed by atoms with Crippen molar-refractivity contribution in [3.8, 4) is 11.5 Å². The van der Waals surface area contributed by atoms with E-state index in [-0.39, 0.29) is 11.5 Å². The van der Waals surface area contributed by atoms with Gasteiger partial charge >= 0.3 is 0 Å². The van der Waals surface area contributed by atoms with Gasteiger partial charge in [-0.2, -0.15) is 0 Å². The Morgan fingerprint density at radius 1 is 0.789 bits per heavy atom. The minimum atomic E-state index is -4.62. The summed E-state index contributed by atoms with van der Waals surface area (Å²) in [5, 5.41) is 0. The van der Waals surface area contributed by atoms with Gasteiger partial charge in [0.15, 0.2) is 11.5 Å². The highest BCUT2D eigenvalue weighted by molar-refractivity contribution is 8.17. The van der Waals surface area contributed by atoms with E-state index in [0.717, 1.165) is 11.1 Å². The molecule has 0 saturated carbocycles. The lowest BCUT2D eigenvalue weighted by molar-refractivity contribution is 0.393. The van der Waals surface area contributed by atoms with Crippen molar-refractivity contribution >= 4 is 11.4 Å². The monoisotopic (exact) mass is 284 g/mol. The molecule has 2 rings (SSSR count). The largest absolute Gasteiger partial charge is 0.332 e. The first kappa shape index (κ1) is 13.7. The molecule has 0 heterocycles. The molecule has 0 saturated heterocycles. The van der Waals surface area contributed by atoms with E-state index in [4.69, 9.17) is 0 Å². The van der Waals surface area contributed by atoms with Crippen molar-refractivity contribution in [2.45, 2.75) is 13.8 Å². The van der Waals surface area contributed by atoms with Gasteiger partial charge < -0.3 is 8.37 Å². The molecular weight excluding hydrogens is 270 g/mol. The van der Waals surface area contributed by atoms with Gasteiger partial charge in [0.25, 0.3) is 0 Å². The quantitative estimate of drug-likeness (QED) is 0.771. The molecule has 0 aromatic heterocycles. The molecule has 0 bridgehead atoms. The van der Waals surface area contributed by atoms with Gasteiger partial charge in [0.2, 0.25) is 11.4 Å². The Bertz CT molecular complexity index is 523. The first-order valence-electron chi connectivity index (χ1n) is 5.69. The van der Waals surface area contributed by atoms with Crippen LogP contribution in [0.15, 0.2) is 48.5 Å². The summed E-state index contributed by atoms with van der Waals surface area (Å²) in [5.74, 6) is 0.209. The van der Waals surface area contributed by atoms with Crippen LogP contribution >= 0.6 is 11.4 Å². The number of halogens is 2. The minimum absolute atomic E-state index is 0.104. The molecular formula is C14H14F2O2S. The highest BCUT2D eigenvalue weighted by Crippen LogP contribution is 2.53. The predicted molar refractivity (Wildman–Crippen MR) is 73.4 cm³/mol. The Labute approximate surface area is 113 Å². The first-order valence-corrected chi connectivity index (χ1v) is 6.98. The summed E-state index contributed by atoms with van der Waals surface area (Å²) >= 11 is -4.62. The molecule has 0 atom stereocenters. The number of hydrogen-bond acceptors (Lipinski definition) is 2. The predicted octanol–water partition coefficient (Wildman–Crippen LogP) is 5.16. The van der Waals surface area contributed by atoms with Crippen molar-refractivity contribution < 1.29 is 16.1 Å². The van der Waals surface area contributed by atoms with Crippen molar-refractivity contribution in [3.63, 3.8) is 0 Å². The van der Waals surface area contributed by atoms with Crippen LogP contribution in [0, 0.1) is 13.8 Å². The van der Waals surface area contributed by atoms with E-state index in [9.17, 15) is 7.77 Å². The zero-order valence-corrected chi connectivity index (χ0v) is 11.4. The molecule has 5 heteroatoms. The van der Waals surface area contributed by atoms with Crippen molar-refractivity contribution in [3.05, 3.63) is 59.7 Å². The van der Waals surface area contributed by atoms with Gasteiger partial charge in [-0.15, -0.1) is 0 Å². The molecule has 0 spiro atoms. The fourth-order valence-electron chi connectivity index (χ4n) is 1.58. The highest BCUT2D eigenvalue weighted by Gasteiger charge is 2.23. The molecule has 0 unspecified atom stereocenters. The molecule has 0 amide bonds. The fourth-order valence-corrected chi connectivity index (χ4v) is 2.26. The molecule has 0 aliphatic heterocycles. The molecule has 0 aliphatic carbocycles. The van der Waals surface area contributed by atoms with Crippen LogP contribution in [-0.4, -0.2) is 0 Å². The van der Waals surface area contributed by atoms with E-state index in [1.54, 1.807) is 24.3 Å². The molecule has 19 heavy (non-hydrogen) atoms. The van der Waals surface area contributed by atoms with Crippen molar-refractivity contribution in [2.24, 2.45) is 0 Å². The molecule has 102 valence electrons. The zero-order chi connectivity index (χ0) is 13.9. The van der Waals surface area contributed by atoms with Gasteiger partial charge in [0, 0.05) is 0 Å². The lowest BCUT2D eigenvalue weighted by Gasteiger charge is -2.24. The van der Waals surface area contributed by atoms with Gasteiger partial charge in [-0.25, -0.2) is 0 Å². The van der Waals surface area contributed by atoms with Gasteiger partial charge in [0.05, 0.1) is 0 Å². The van der Waals surface area contributed by atoms with E-state index in [1.807, 2.05) is 26.0 Å². The zero-order valence-electron chi connectivity index (χ0n) is 10.6. The normalized spacial score (nSPS) is 12.0. The molecule has 0 N–H and O–H groups in total. The summed E-state index contributed by atoms with van der Waals surface area (Å²) in [6.45, 7) is 3.61. The maximum absolute atomic E-state index is 13.7. The molecule has 2 nitrogen and oxygen atoms in total. The maximum atomic E-state index is 13.7. The maximum Gasteiger partial charge on any atom is 0.210 e. The van der Waals surface area contributed by atoms with Crippen LogP contribution in [0.3, 0.4) is 0 Å². The molecule has 2 aromatic carbocycles. The summed E-state index contributed by atoms with van der Waals surface area (Å²) in [7, 11) is 0. The van der Waals surface area contributed by atoms with Crippen LogP contribution in [0.2, 0.25) is 0 Å². The van der Waals surface area contributed by atoms with E-state index < -0.39 is 11.4 Å². The summed E-state index contributed by atoms with van der Waals surface area (Å²) in [6, 6.07) is 13.0. The fraction of sp³-hybridized carbons (Fsp3) is 0.143. The second kappa shape index (κ2) is 5.48. The molecule has 0 radical (unpaired) electrons. The molecule has 0 aliphatic rings. The Hall–Kier alpha value is -1.75. The van der Waals surface area contributed by atoms with Gasteiger partial charge in [0.1, 0.15) is 0 Å². The van der Waals surface area contributed by atoms with E-state index in [1.165, 1.54) is 12.1 Å². The van der Waals surface area contributed by atoms with Crippen LogP contribution in [-0.2, 0) is 0 Å². The Morgan fingerprint density at radius 2 is 1.21 bits per heavy atom. The van der Waals surface area contributed by atoms with Crippen LogP contribution in [0.4, 0.5) is 7.77 Å². The summed E-state index contributed by atoms with van der Waals surface area (Å²) in [4.78, 5) is 0. The first-order chi connectivity index (χ1) is 8.94. The van der Waals surface area contributed by atoms with Gasteiger partial charge in [-0.3, -0.25) is 0 Å². The van der Waals surface area contributed by atoms with E-state index in [2.05, 4.69) is 8.37 Å². The third-order valence-corrected chi connectivity index (χ3v) is 3.14. The number of aryl methyl sites for hydroxylation is 2. The van der Waals surface area contributed by atoms with Gasteiger partial charge in [-0.1, -0.05) is 24.3 Å².